The monoisotopic (exact) mass is 266 g/mol. The summed E-state index contributed by atoms with van der Waals surface area (Å²) in [5, 5.41) is 7.22. The van der Waals surface area contributed by atoms with Crippen molar-refractivity contribution < 1.29 is 4.79 Å². The Kier molecular flexibility index (Phi) is 3.56. The molecule has 5 nitrogen and oxygen atoms in total. The maximum absolute atomic E-state index is 12.4. The number of amides is 1. The average Bonchev–Trinajstić information content (AvgIpc) is 2.88. The van der Waals surface area contributed by atoms with Crippen LogP contribution in [0.25, 0.3) is 0 Å². The summed E-state index contributed by atoms with van der Waals surface area (Å²) in [4.78, 5) is 15.0. The highest BCUT2D eigenvalue weighted by atomic mass is 32.1. The second-order valence-electron chi connectivity index (χ2n) is 5.23. The molecule has 0 spiro atoms. The Labute approximate surface area is 111 Å². The van der Waals surface area contributed by atoms with E-state index in [1.165, 1.54) is 37.2 Å². The fraction of sp³-hybridized carbons (Fsp3) is 0.750. The predicted molar refractivity (Wildman–Crippen MR) is 69.6 cm³/mol. The van der Waals surface area contributed by atoms with Crippen LogP contribution in [0, 0.1) is 5.92 Å². The zero-order chi connectivity index (χ0) is 12.4. The van der Waals surface area contributed by atoms with Gasteiger partial charge in [-0.25, -0.2) is 0 Å². The van der Waals surface area contributed by atoms with Gasteiger partial charge in [0.25, 0.3) is 5.91 Å². The zero-order valence-corrected chi connectivity index (χ0v) is 11.2. The minimum atomic E-state index is 0.102. The van der Waals surface area contributed by atoms with Crippen molar-refractivity contribution in [1.29, 1.82) is 0 Å². The first-order valence-corrected chi connectivity index (χ1v) is 7.40. The van der Waals surface area contributed by atoms with Crippen LogP contribution in [0.3, 0.4) is 0 Å². The molecule has 1 aromatic rings. The van der Waals surface area contributed by atoms with Gasteiger partial charge in [-0.05, 0) is 49.7 Å². The Bertz CT molecular complexity index is 398. The Balaban J connectivity index is 1.65. The van der Waals surface area contributed by atoms with Crippen molar-refractivity contribution in [2.75, 3.05) is 19.6 Å². The SMILES string of the molecule is O=C(c1cnns1)N(CC1CC1)CC1CCCN1. The van der Waals surface area contributed by atoms with Gasteiger partial charge in [0, 0.05) is 19.1 Å². The molecule has 2 heterocycles. The van der Waals surface area contributed by atoms with Gasteiger partial charge in [0.1, 0.15) is 4.88 Å². The molecule has 1 aliphatic heterocycles. The fourth-order valence-electron chi connectivity index (χ4n) is 2.45. The van der Waals surface area contributed by atoms with Gasteiger partial charge in [0.15, 0.2) is 0 Å². The molecule has 2 aliphatic rings. The van der Waals surface area contributed by atoms with Gasteiger partial charge in [-0.3, -0.25) is 4.79 Å². The van der Waals surface area contributed by atoms with E-state index >= 15 is 0 Å². The summed E-state index contributed by atoms with van der Waals surface area (Å²) in [6.07, 6.45) is 6.51. The predicted octanol–water partition coefficient (Wildman–Crippen LogP) is 1.14. The van der Waals surface area contributed by atoms with Crippen molar-refractivity contribution in [3.63, 3.8) is 0 Å². The van der Waals surface area contributed by atoms with Crippen LogP contribution >= 0.6 is 11.5 Å². The van der Waals surface area contributed by atoms with Gasteiger partial charge in [0.05, 0.1) is 6.20 Å². The maximum atomic E-state index is 12.4. The van der Waals surface area contributed by atoms with E-state index in [0.717, 1.165) is 25.6 Å². The van der Waals surface area contributed by atoms with E-state index in [-0.39, 0.29) is 5.91 Å². The molecular weight excluding hydrogens is 248 g/mol. The number of carbonyl (C=O) groups is 1. The second kappa shape index (κ2) is 5.32. The number of aromatic nitrogens is 2. The molecule has 1 aliphatic carbocycles. The lowest BCUT2D eigenvalue weighted by Crippen LogP contribution is -2.42. The van der Waals surface area contributed by atoms with Crippen molar-refractivity contribution in [1.82, 2.24) is 19.8 Å². The molecule has 3 rings (SSSR count). The summed E-state index contributed by atoms with van der Waals surface area (Å²) in [6, 6.07) is 0.466. The van der Waals surface area contributed by atoms with Crippen LogP contribution in [-0.2, 0) is 0 Å². The van der Waals surface area contributed by atoms with E-state index in [1.807, 2.05) is 4.90 Å². The smallest absolute Gasteiger partial charge is 0.267 e. The van der Waals surface area contributed by atoms with Gasteiger partial charge in [-0.15, -0.1) is 5.10 Å². The largest absolute Gasteiger partial charge is 0.336 e. The minimum Gasteiger partial charge on any atom is -0.336 e. The molecule has 1 aromatic heterocycles. The number of nitrogens with one attached hydrogen (secondary N) is 1. The van der Waals surface area contributed by atoms with Crippen LogP contribution in [0.15, 0.2) is 6.20 Å². The third-order valence-corrected chi connectivity index (χ3v) is 4.29. The topological polar surface area (TPSA) is 58.1 Å². The molecule has 0 radical (unpaired) electrons. The lowest BCUT2D eigenvalue weighted by molar-refractivity contribution is 0.0738. The fourth-order valence-corrected chi connectivity index (χ4v) is 2.93. The first-order chi connectivity index (χ1) is 8.83. The molecule has 0 bridgehead atoms. The van der Waals surface area contributed by atoms with E-state index < -0.39 is 0 Å². The summed E-state index contributed by atoms with van der Waals surface area (Å²) >= 11 is 1.19. The molecule has 1 amide bonds. The van der Waals surface area contributed by atoms with Crippen molar-refractivity contribution in [3.05, 3.63) is 11.1 Å². The van der Waals surface area contributed by atoms with Crippen LogP contribution in [0.5, 0.6) is 0 Å². The van der Waals surface area contributed by atoms with Crippen molar-refractivity contribution in [3.8, 4) is 0 Å². The van der Waals surface area contributed by atoms with Gasteiger partial charge in [0.2, 0.25) is 0 Å². The summed E-state index contributed by atoms with van der Waals surface area (Å²) in [7, 11) is 0. The second-order valence-corrected chi connectivity index (χ2v) is 6.01. The van der Waals surface area contributed by atoms with Crippen LogP contribution in [-0.4, -0.2) is 46.1 Å². The number of nitrogens with zero attached hydrogens (tertiary/aromatic N) is 3. The normalized spacial score (nSPS) is 23.2. The molecule has 6 heteroatoms. The third kappa shape index (κ3) is 2.87. The lowest BCUT2D eigenvalue weighted by Gasteiger charge is -2.25. The van der Waals surface area contributed by atoms with Gasteiger partial charge in [-0.1, -0.05) is 4.49 Å². The Morgan fingerprint density at radius 1 is 1.44 bits per heavy atom. The Hall–Kier alpha value is -1.01. The molecule has 98 valence electrons. The first-order valence-electron chi connectivity index (χ1n) is 6.63. The molecule has 1 saturated heterocycles. The quantitative estimate of drug-likeness (QED) is 0.868. The van der Waals surface area contributed by atoms with Gasteiger partial charge in [-0.2, -0.15) is 0 Å². The summed E-state index contributed by atoms with van der Waals surface area (Å²) < 4.78 is 3.78. The van der Waals surface area contributed by atoms with E-state index in [0.29, 0.717) is 10.9 Å². The Morgan fingerprint density at radius 2 is 2.33 bits per heavy atom. The van der Waals surface area contributed by atoms with Crippen LogP contribution < -0.4 is 5.32 Å². The zero-order valence-electron chi connectivity index (χ0n) is 10.3. The molecule has 18 heavy (non-hydrogen) atoms. The summed E-state index contributed by atoms with van der Waals surface area (Å²) in [5.74, 6) is 0.821. The van der Waals surface area contributed by atoms with E-state index in [2.05, 4.69) is 14.9 Å². The highest BCUT2D eigenvalue weighted by Gasteiger charge is 2.30. The van der Waals surface area contributed by atoms with Crippen LogP contribution in [0.4, 0.5) is 0 Å². The molecular formula is C12H18N4OS. The number of hydrogen-bond donors (Lipinski definition) is 1. The highest BCUT2D eigenvalue weighted by Crippen LogP contribution is 2.30. The van der Waals surface area contributed by atoms with E-state index in [4.69, 9.17) is 0 Å². The van der Waals surface area contributed by atoms with Crippen molar-refractivity contribution >= 4 is 17.4 Å². The summed E-state index contributed by atoms with van der Waals surface area (Å²) in [6.45, 7) is 2.81. The lowest BCUT2D eigenvalue weighted by atomic mass is 10.2. The molecule has 1 unspecified atom stereocenters. The summed E-state index contributed by atoms with van der Waals surface area (Å²) in [5.41, 5.74) is 0. The molecule has 0 aromatic carbocycles. The minimum absolute atomic E-state index is 0.102. The van der Waals surface area contributed by atoms with Crippen molar-refractivity contribution in [2.24, 2.45) is 5.92 Å². The van der Waals surface area contributed by atoms with Crippen LogP contribution in [0.2, 0.25) is 0 Å². The number of hydrogen-bond acceptors (Lipinski definition) is 5. The van der Waals surface area contributed by atoms with E-state index in [1.54, 1.807) is 6.20 Å². The first kappa shape index (κ1) is 12.0. The standard InChI is InChI=1S/C12H18N4OS/c17-12(11-6-14-15-18-11)16(7-9-3-4-9)8-10-2-1-5-13-10/h6,9-10,13H,1-5,7-8H2. The van der Waals surface area contributed by atoms with Gasteiger partial charge < -0.3 is 10.2 Å². The number of carbonyl (C=O) groups excluding carboxylic acids is 1. The van der Waals surface area contributed by atoms with Crippen molar-refractivity contribution in [2.45, 2.75) is 31.7 Å². The Morgan fingerprint density at radius 3 is 2.94 bits per heavy atom. The third-order valence-electron chi connectivity index (χ3n) is 3.64. The number of rotatable bonds is 5. The molecule has 1 saturated carbocycles. The molecule has 2 fully saturated rings. The average molecular weight is 266 g/mol. The van der Waals surface area contributed by atoms with E-state index in [9.17, 15) is 4.79 Å². The molecule has 1 N–H and O–H groups in total. The molecule has 1 atom stereocenters. The van der Waals surface area contributed by atoms with Gasteiger partial charge >= 0.3 is 0 Å². The maximum Gasteiger partial charge on any atom is 0.267 e. The highest BCUT2D eigenvalue weighted by molar-refractivity contribution is 7.07. The van der Waals surface area contributed by atoms with Crippen LogP contribution in [0.1, 0.15) is 35.4 Å².